The number of aromatic hydroxyl groups is 1. The van der Waals surface area contributed by atoms with Crippen LogP contribution in [0.2, 0.25) is 0 Å². The summed E-state index contributed by atoms with van der Waals surface area (Å²) >= 11 is 0. The summed E-state index contributed by atoms with van der Waals surface area (Å²) < 4.78 is 12.7. The van der Waals surface area contributed by atoms with Crippen molar-refractivity contribution in [2.75, 3.05) is 6.54 Å². The molecular formula is C15H14FNO2. The molecule has 2 rings (SSSR count). The van der Waals surface area contributed by atoms with Gasteiger partial charge in [-0.1, -0.05) is 24.3 Å². The van der Waals surface area contributed by atoms with Crippen molar-refractivity contribution in [1.82, 2.24) is 5.32 Å². The van der Waals surface area contributed by atoms with E-state index in [0.717, 1.165) is 5.56 Å². The molecule has 0 saturated carbocycles. The van der Waals surface area contributed by atoms with Crippen LogP contribution in [0.3, 0.4) is 0 Å². The Labute approximate surface area is 110 Å². The number of nitrogens with one attached hydrogen (secondary N) is 1. The number of rotatable bonds is 4. The van der Waals surface area contributed by atoms with Gasteiger partial charge in [-0.2, -0.15) is 0 Å². The highest BCUT2D eigenvalue weighted by molar-refractivity contribution is 5.96. The van der Waals surface area contributed by atoms with Crippen LogP contribution in [0.15, 0.2) is 48.5 Å². The SMILES string of the molecule is O=C(NCCc1ccc(F)cc1)c1ccccc1O. The molecular weight excluding hydrogens is 245 g/mol. The zero-order valence-corrected chi connectivity index (χ0v) is 10.3. The van der Waals surface area contributed by atoms with Gasteiger partial charge in [0.15, 0.2) is 0 Å². The minimum Gasteiger partial charge on any atom is -0.507 e. The molecule has 2 aromatic rings. The summed E-state index contributed by atoms with van der Waals surface area (Å²) in [5.41, 5.74) is 1.19. The Bertz CT molecular complexity index is 567. The smallest absolute Gasteiger partial charge is 0.255 e. The first-order valence-electron chi connectivity index (χ1n) is 5.97. The number of carbonyl (C=O) groups excluding carboxylic acids is 1. The van der Waals surface area contributed by atoms with Crippen LogP contribution in [0.25, 0.3) is 0 Å². The van der Waals surface area contributed by atoms with E-state index in [2.05, 4.69) is 5.32 Å². The highest BCUT2D eigenvalue weighted by atomic mass is 19.1. The lowest BCUT2D eigenvalue weighted by Gasteiger charge is -2.06. The lowest BCUT2D eigenvalue weighted by Crippen LogP contribution is -2.25. The van der Waals surface area contributed by atoms with Crippen LogP contribution in [-0.2, 0) is 6.42 Å². The second-order valence-corrected chi connectivity index (χ2v) is 4.15. The minimum atomic E-state index is -0.319. The fraction of sp³-hybridized carbons (Fsp3) is 0.133. The molecule has 0 radical (unpaired) electrons. The van der Waals surface area contributed by atoms with Crippen molar-refractivity contribution in [3.8, 4) is 5.75 Å². The first kappa shape index (κ1) is 13.1. The van der Waals surface area contributed by atoms with E-state index in [1.165, 1.54) is 18.2 Å². The van der Waals surface area contributed by atoms with Crippen LogP contribution in [0, 0.1) is 5.82 Å². The Morgan fingerprint density at radius 1 is 1.11 bits per heavy atom. The van der Waals surface area contributed by atoms with Gasteiger partial charge in [0.25, 0.3) is 5.91 Å². The fourth-order valence-corrected chi connectivity index (χ4v) is 1.73. The van der Waals surface area contributed by atoms with Crippen molar-refractivity contribution < 1.29 is 14.3 Å². The van der Waals surface area contributed by atoms with Crippen molar-refractivity contribution in [1.29, 1.82) is 0 Å². The normalized spacial score (nSPS) is 10.2. The molecule has 0 bridgehead atoms. The second kappa shape index (κ2) is 6.00. The predicted molar refractivity (Wildman–Crippen MR) is 70.5 cm³/mol. The van der Waals surface area contributed by atoms with E-state index in [1.54, 1.807) is 30.3 Å². The zero-order chi connectivity index (χ0) is 13.7. The molecule has 1 amide bonds. The molecule has 0 saturated heterocycles. The molecule has 0 aromatic heterocycles. The Balaban J connectivity index is 1.88. The van der Waals surface area contributed by atoms with Gasteiger partial charge in [-0.3, -0.25) is 4.79 Å². The molecule has 19 heavy (non-hydrogen) atoms. The zero-order valence-electron chi connectivity index (χ0n) is 10.3. The lowest BCUT2D eigenvalue weighted by atomic mass is 10.1. The maximum Gasteiger partial charge on any atom is 0.255 e. The first-order valence-corrected chi connectivity index (χ1v) is 5.97. The third-order valence-corrected chi connectivity index (χ3v) is 2.76. The Hall–Kier alpha value is -2.36. The summed E-state index contributed by atoms with van der Waals surface area (Å²) in [6.07, 6.45) is 0.611. The molecule has 0 atom stereocenters. The third kappa shape index (κ3) is 3.55. The van der Waals surface area contributed by atoms with Crippen molar-refractivity contribution >= 4 is 5.91 Å². The van der Waals surface area contributed by atoms with Gasteiger partial charge in [-0.05, 0) is 36.2 Å². The maximum atomic E-state index is 12.7. The van der Waals surface area contributed by atoms with Gasteiger partial charge >= 0.3 is 0 Å². The molecule has 0 aliphatic heterocycles. The highest BCUT2D eigenvalue weighted by Crippen LogP contribution is 2.14. The predicted octanol–water partition coefficient (Wildman–Crippen LogP) is 2.50. The Morgan fingerprint density at radius 2 is 1.79 bits per heavy atom. The molecule has 0 aliphatic carbocycles. The van der Waals surface area contributed by atoms with E-state index >= 15 is 0 Å². The largest absolute Gasteiger partial charge is 0.507 e. The molecule has 98 valence electrons. The number of para-hydroxylation sites is 1. The molecule has 3 nitrogen and oxygen atoms in total. The van der Waals surface area contributed by atoms with Crippen molar-refractivity contribution in [2.45, 2.75) is 6.42 Å². The third-order valence-electron chi connectivity index (χ3n) is 2.76. The van der Waals surface area contributed by atoms with E-state index in [1.807, 2.05) is 0 Å². The summed E-state index contributed by atoms with van der Waals surface area (Å²) in [4.78, 5) is 11.8. The maximum absolute atomic E-state index is 12.7. The number of hydrogen-bond donors (Lipinski definition) is 2. The number of carbonyl (C=O) groups is 1. The molecule has 0 fully saturated rings. The fourth-order valence-electron chi connectivity index (χ4n) is 1.73. The topological polar surface area (TPSA) is 49.3 Å². The monoisotopic (exact) mass is 259 g/mol. The molecule has 2 aromatic carbocycles. The lowest BCUT2D eigenvalue weighted by molar-refractivity contribution is 0.0951. The summed E-state index contributed by atoms with van der Waals surface area (Å²) in [6, 6.07) is 12.5. The number of amides is 1. The molecule has 0 heterocycles. The molecule has 0 aliphatic rings. The first-order chi connectivity index (χ1) is 9.16. The average Bonchev–Trinajstić information content (AvgIpc) is 2.41. The minimum absolute atomic E-state index is 0.0400. The summed E-state index contributed by atoms with van der Waals surface area (Å²) in [7, 11) is 0. The average molecular weight is 259 g/mol. The van der Waals surface area contributed by atoms with Crippen molar-refractivity contribution in [3.63, 3.8) is 0 Å². The molecule has 2 N–H and O–H groups in total. The highest BCUT2D eigenvalue weighted by Gasteiger charge is 2.08. The van der Waals surface area contributed by atoms with Crippen LogP contribution in [-0.4, -0.2) is 17.6 Å². The van der Waals surface area contributed by atoms with Gasteiger partial charge in [-0.15, -0.1) is 0 Å². The quantitative estimate of drug-likeness (QED) is 0.886. The number of benzene rings is 2. The number of phenolic OH excluding ortho intramolecular Hbond substituents is 1. The van der Waals surface area contributed by atoms with E-state index in [4.69, 9.17) is 0 Å². The van der Waals surface area contributed by atoms with Crippen LogP contribution in [0.4, 0.5) is 4.39 Å². The van der Waals surface area contributed by atoms with Crippen LogP contribution in [0.5, 0.6) is 5.75 Å². The summed E-state index contributed by atoms with van der Waals surface area (Å²) in [6.45, 7) is 0.429. The summed E-state index contributed by atoms with van der Waals surface area (Å²) in [5.74, 6) is -0.635. The van der Waals surface area contributed by atoms with Crippen molar-refractivity contribution in [3.05, 3.63) is 65.5 Å². The van der Waals surface area contributed by atoms with E-state index < -0.39 is 0 Å². The van der Waals surface area contributed by atoms with Crippen molar-refractivity contribution in [2.24, 2.45) is 0 Å². The van der Waals surface area contributed by atoms with Gasteiger partial charge in [0.05, 0.1) is 5.56 Å². The van der Waals surface area contributed by atoms with Gasteiger partial charge in [0.1, 0.15) is 11.6 Å². The number of halogens is 1. The van der Waals surface area contributed by atoms with Gasteiger partial charge < -0.3 is 10.4 Å². The van der Waals surface area contributed by atoms with E-state index in [9.17, 15) is 14.3 Å². The Morgan fingerprint density at radius 3 is 2.47 bits per heavy atom. The van der Waals surface area contributed by atoms with Gasteiger partial charge in [0.2, 0.25) is 0 Å². The van der Waals surface area contributed by atoms with E-state index in [0.29, 0.717) is 13.0 Å². The summed E-state index contributed by atoms with van der Waals surface area (Å²) in [5, 5.41) is 12.2. The second-order valence-electron chi connectivity index (χ2n) is 4.15. The number of hydrogen-bond acceptors (Lipinski definition) is 2. The number of phenols is 1. The van der Waals surface area contributed by atoms with Gasteiger partial charge in [-0.25, -0.2) is 4.39 Å². The van der Waals surface area contributed by atoms with Crippen LogP contribution >= 0.6 is 0 Å². The van der Waals surface area contributed by atoms with Crippen LogP contribution in [0.1, 0.15) is 15.9 Å². The molecule has 0 spiro atoms. The Kier molecular flexibility index (Phi) is 4.13. The molecule has 0 unspecified atom stereocenters. The van der Waals surface area contributed by atoms with E-state index in [-0.39, 0.29) is 23.0 Å². The van der Waals surface area contributed by atoms with Gasteiger partial charge in [0, 0.05) is 6.54 Å². The molecule has 4 heteroatoms. The standard InChI is InChI=1S/C15H14FNO2/c16-12-7-5-11(6-8-12)9-10-17-15(19)13-3-1-2-4-14(13)18/h1-8,18H,9-10H2,(H,17,19). The van der Waals surface area contributed by atoms with Crippen LogP contribution < -0.4 is 5.32 Å².